The highest BCUT2D eigenvalue weighted by Gasteiger charge is 2.09. The average molecular weight is 398 g/mol. The monoisotopic (exact) mass is 396 g/mol. The maximum absolute atomic E-state index is 12.1. The normalized spacial score (nSPS) is 10.2. The molecular formula is C16H14BrClN2OS. The Morgan fingerprint density at radius 3 is 2.45 bits per heavy atom. The second kappa shape index (κ2) is 7.22. The highest BCUT2D eigenvalue weighted by molar-refractivity contribution is 9.10. The second-order valence-corrected chi connectivity index (χ2v) is 6.51. The van der Waals surface area contributed by atoms with Crippen LogP contribution in [0.5, 0.6) is 0 Å². The van der Waals surface area contributed by atoms with E-state index < -0.39 is 0 Å². The van der Waals surface area contributed by atoms with Crippen LogP contribution in [0.25, 0.3) is 0 Å². The number of carbonyl (C=O) groups excluding carboxylic acids is 1. The summed E-state index contributed by atoms with van der Waals surface area (Å²) in [4.78, 5) is 12.1. The zero-order chi connectivity index (χ0) is 16.3. The summed E-state index contributed by atoms with van der Waals surface area (Å²) < 4.78 is 0.879. The molecule has 2 aromatic rings. The molecule has 0 aromatic heterocycles. The number of nitrogens with one attached hydrogen (secondary N) is 2. The van der Waals surface area contributed by atoms with Gasteiger partial charge in [-0.3, -0.25) is 10.1 Å². The van der Waals surface area contributed by atoms with Gasteiger partial charge >= 0.3 is 0 Å². The molecule has 0 saturated heterocycles. The Hall–Kier alpha value is -1.43. The summed E-state index contributed by atoms with van der Waals surface area (Å²) in [5.74, 6) is -0.267. The van der Waals surface area contributed by atoms with E-state index in [1.165, 1.54) is 0 Å². The summed E-state index contributed by atoms with van der Waals surface area (Å²) in [6, 6.07) is 10.9. The highest BCUT2D eigenvalue weighted by Crippen LogP contribution is 2.20. The Balaban J connectivity index is 2.03. The van der Waals surface area contributed by atoms with Crippen LogP contribution in [-0.2, 0) is 0 Å². The Kier molecular flexibility index (Phi) is 5.56. The van der Waals surface area contributed by atoms with E-state index in [1.807, 2.05) is 32.0 Å². The van der Waals surface area contributed by atoms with Gasteiger partial charge in [-0.1, -0.05) is 39.7 Å². The number of anilines is 1. The first-order chi connectivity index (χ1) is 10.4. The maximum atomic E-state index is 12.1. The maximum Gasteiger partial charge on any atom is 0.257 e. The van der Waals surface area contributed by atoms with E-state index in [1.54, 1.807) is 18.2 Å². The molecule has 114 valence electrons. The molecule has 0 aliphatic heterocycles. The Bertz CT molecular complexity index is 749. The van der Waals surface area contributed by atoms with Crippen molar-refractivity contribution in [2.45, 2.75) is 13.8 Å². The van der Waals surface area contributed by atoms with Crippen LogP contribution in [0.3, 0.4) is 0 Å². The number of amides is 1. The molecule has 2 rings (SSSR count). The minimum absolute atomic E-state index is 0.224. The molecule has 6 heteroatoms. The van der Waals surface area contributed by atoms with Gasteiger partial charge in [-0.25, -0.2) is 0 Å². The van der Waals surface area contributed by atoms with Crippen molar-refractivity contribution in [3.8, 4) is 0 Å². The smallest absolute Gasteiger partial charge is 0.257 e. The van der Waals surface area contributed by atoms with Gasteiger partial charge in [-0.15, -0.1) is 0 Å². The Morgan fingerprint density at radius 2 is 1.82 bits per heavy atom. The molecule has 0 fully saturated rings. The fourth-order valence-electron chi connectivity index (χ4n) is 1.74. The van der Waals surface area contributed by atoms with Crippen molar-refractivity contribution in [2.75, 3.05) is 5.32 Å². The number of rotatable bonds is 2. The van der Waals surface area contributed by atoms with Crippen LogP contribution in [0, 0.1) is 13.8 Å². The quantitative estimate of drug-likeness (QED) is 0.712. The van der Waals surface area contributed by atoms with Crippen LogP contribution in [0.1, 0.15) is 21.5 Å². The minimum atomic E-state index is -0.267. The average Bonchev–Trinajstić information content (AvgIpc) is 2.45. The van der Waals surface area contributed by atoms with Crippen molar-refractivity contribution in [1.82, 2.24) is 5.32 Å². The topological polar surface area (TPSA) is 41.1 Å². The first kappa shape index (κ1) is 16.9. The molecular weight excluding hydrogens is 384 g/mol. The fraction of sp³-hybridized carbons (Fsp3) is 0.125. The lowest BCUT2D eigenvalue weighted by Gasteiger charge is -2.11. The molecule has 1 amide bonds. The van der Waals surface area contributed by atoms with E-state index in [4.69, 9.17) is 23.8 Å². The van der Waals surface area contributed by atoms with Gasteiger partial charge in [-0.05, 0) is 61.5 Å². The van der Waals surface area contributed by atoms with Crippen molar-refractivity contribution in [1.29, 1.82) is 0 Å². The van der Waals surface area contributed by atoms with Gasteiger partial charge in [0.25, 0.3) is 5.91 Å². The lowest BCUT2D eigenvalue weighted by Crippen LogP contribution is -2.34. The second-order valence-electron chi connectivity index (χ2n) is 4.84. The molecule has 0 atom stereocenters. The zero-order valence-electron chi connectivity index (χ0n) is 12.0. The first-order valence-electron chi connectivity index (χ1n) is 6.51. The summed E-state index contributed by atoms with van der Waals surface area (Å²) in [6.07, 6.45) is 0. The van der Waals surface area contributed by atoms with Gasteiger partial charge in [0.2, 0.25) is 0 Å². The molecule has 22 heavy (non-hydrogen) atoms. The number of carbonyl (C=O) groups is 1. The van der Waals surface area contributed by atoms with Crippen LogP contribution in [0.4, 0.5) is 5.69 Å². The molecule has 3 nitrogen and oxygen atoms in total. The zero-order valence-corrected chi connectivity index (χ0v) is 15.2. The number of thiocarbonyl (C=S) groups is 1. The van der Waals surface area contributed by atoms with Crippen molar-refractivity contribution >= 4 is 56.5 Å². The van der Waals surface area contributed by atoms with E-state index in [2.05, 4.69) is 26.6 Å². The molecule has 0 spiro atoms. The molecule has 0 unspecified atom stereocenters. The van der Waals surface area contributed by atoms with Crippen molar-refractivity contribution < 1.29 is 4.79 Å². The third-order valence-corrected chi connectivity index (χ3v) is 4.56. The number of hydrogen-bond donors (Lipinski definition) is 2. The largest absolute Gasteiger partial charge is 0.332 e. The van der Waals surface area contributed by atoms with Crippen LogP contribution >= 0.6 is 39.7 Å². The van der Waals surface area contributed by atoms with Crippen molar-refractivity contribution in [3.63, 3.8) is 0 Å². The summed E-state index contributed by atoms with van der Waals surface area (Å²) in [7, 11) is 0. The number of benzene rings is 2. The highest BCUT2D eigenvalue weighted by atomic mass is 79.9. The van der Waals surface area contributed by atoms with Crippen LogP contribution in [0.15, 0.2) is 40.9 Å². The predicted octanol–water partition coefficient (Wildman–Crippen LogP) is 4.85. The molecule has 2 aromatic carbocycles. The molecule has 0 saturated carbocycles. The van der Waals surface area contributed by atoms with Gasteiger partial charge < -0.3 is 5.32 Å². The SMILES string of the molecule is Cc1ccc(NC(=S)NC(=O)c2ccc(C)c(Br)c2)cc1Cl. The Morgan fingerprint density at radius 1 is 1.14 bits per heavy atom. The van der Waals surface area contributed by atoms with E-state index >= 15 is 0 Å². The lowest BCUT2D eigenvalue weighted by atomic mass is 10.1. The van der Waals surface area contributed by atoms with Crippen LogP contribution < -0.4 is 10.6 Å². The standard InChI is InChI=1S/C16H14BrClN2OS/c1-9-3-5-11(7-13(9)17)15(21)20-16(22)19-12-6-4-10(2)14(18)8-12/h3-8H,1-2H3,(H2,19,20,21,22). The molecule has 0 aliphatic carbocycles. The number of halogens is 2. The van der Waals surface area contributed by atoms with E-state index in [0.717, 1.165) is 21.3 Å². The van der Waals surface area contributed by atoms with Crippen LogP contribution in [-0.4, -0.2) is 11.0 Å². The van der Waals surface area contributed by atoms with E-state index in [0.29, 0.717) is 10.6 Å². The molecule has 0 heterocycles. The third-order valence-electron chi connectivity index (χ3n) is 3.09. The van der Waals surface area contributed by atoms with Gasteiger partial charge in [0.15, 0.2) is 5.11 Å². The molecule has 0 bridgehead atoms. The van der Waals surface area contributed by atoms with Crippen molar-refractivity contribution in [3.05, 3.63) is 62.6 Å². The third kappa shape index (κ3) is 4.29. The molecule has 0 radical (unpaired) electrons. The molecule has 0 aliphatic rings. The Labute approximate surface area is 148 Å². The van der Waals surface area contributed by atoms with Crippen LogP contribution in [0.2, 0.25) is 5.02 Å². The number of aryl methyl sites for hydroxylation is 2. The van der Waals surface area contributed by atoms with Gasteiger partial charge in [0, 0.05) is 20.7 Å². The summed E-state index contributed by atoms with van der Waals surface area (Å²) in [5.41, 5.74) is 3.30. The molecule has 2 N–H and O–H groups in total. The number of hydrogen-bond acceptors (Lipinski definition) is 2. The fourth-order valence-corrected chi connectivity index (χ4v) is 2.51. The van der Waals surface area contributed by atoms with Gasteiger partial charge in [0.05, 0.1) is 0 Å². The van der Waals surface area contributed by atoms with E-state index in [9.17, 15) is 4.79 Å². The summed E-state index contributed by atoms with van der Waals surface area (Å²) in [6.45, 7) is 3.88. The summed E-state index contributed by atoms with van der Waals surface area (Å²) in [5, 5.41) is 6.45. The first-order valence-corrected chi connectivity index (χ1v) is 8.09. The lowest BCUT2D eigenvalue weighted by molar-refractivity contribution is 0.0977. The van der Waals surface area contributed by atoms with Gasteiger partial charge in [0.1, 0.15) is 0 Å². The van der Waals surface area contributed by atoms with Gasteiger partial charge in [-0.2, -0.15) is 0 Å². The van der Waals surface area contributed by atoms with Crippen molar-refractivity contribution in [2.24, 2.45) is 0 Å². The summed E-state index contributed by atoms with van der Waals surface area (Å²) >= 11 is 14.6. The minimum Gasteiger partial charge on any atom is -0.332 e. The predicted molar refractivity (Wildman–Crippen MR) is 98.8 cm³/mol. The van der Waals surface area contributed by atoms with E-state index in [-0.39, 0.29) is 11.0 Å².